The lowest BCUT2D eigenvalue weighted by Crippen LogP contribution is -2.19. The van der Waals surface area contributed by atoms with Crippen LogP contribution in [0.15, 0.2) is 29.4 Å². The lowest BCUT2D eigenvalue weighted by atomic mass is 10.1. The molecule has 1 saturated heterocycles. The number of aryl methyl sites for hydroxylation is 1. The maximum atomic E-state index is 12.9. The summed E-state index contributed by atoms with van der Waals surface area (Å²) in [6.45, 7) is 3.67. The van der Waals surface area contributed by atoms with Crippen molar-refractivity contribution in [1.29, 1.82) is 0 Å². The Morgan fingerprint density at radius 3 is 2.70 bits per heavy atom. The second-order valence-electron chi connectivity index (χ2n) is 6.68. The molecule has 0 spiro atoms. The van der Waals surface area contributed by atoms with E-state index in [2.05, 4.69) is 15.6 Å². The second-order valence-corrected chi connectivity index (χ2v) is 8.91. The molecule has 144 valence electrons. The zero-order valence-corrected chi connectivity index (χ0v) is 16.0. The number of rotatable bonds is 5. The molecule has 1 fully saturated rings. The van der Waals surface area contributed by atoms with Gasteiger partial charge in [0.25, 0.3) is 0 Å². The molecule has 27 heavy (non-hydrogen) atoms. The summed E-state index contributed by atoms with van der Waals surface area (Å²) in [6, 6.07) is 5.54. The summed E-state index contributed by atoms with van der Waals surface area (Å²) in [5.41, 5.74) is 5.41. The Morgan fingerprint density at radius 2 is 2.07 bits per heavy atom. The molecule has 0 radical (unpaired) electrons. The number of hydrogen-bond donors (Lipinski definition) is 1. The van der Waals surface area contributed by atoms with Crippen molar-refractivity contribution in [2.24, 2.45) is 5.10 Å². The Kier molecular flexibility index (Phi) is 5.41. The highest BCUT2D eigenvalue weighted by molar-refractivity contribution is 7.91. The molecular weight excluding hydrogens is 371 g/mol. The monoisotopic (exact) mass is 392 g/mol. The van der Waals surface area contributed by atoms with Crippen molar-refractivity contribution < 1.29 is 17.6 Å². The lowest BCUT2D eigenvalue weighted by molar-refractivity contribution is -0.120. The van der Waals surface area contributed by atoms with Gasteiger partial charge in [-0.1, -0.05) is 12.1 Å². The number of sulfone groups is 1. The number of carbonyl (C=O) groups is 1. The molecule has 1 aromatic heterocycles. The van der Waals surface area contributed by atoms with E-state index in [1.165, 1.54) is 18.3 Å². The van der Waals surface area contributed by atoms with Crippen molar-refractivity contribution in [3.63, 3.8) is 0 Å². The Bertz CT molecular complexity index is 981. The molecule has 1 atom stereocenters. The van der Waals surface area contributed by atoms with Gasteiger partial charge in [0.05, 0.1) is 35.9 Å². The third-order valence-electron chi connectivity index (χ3n) is 4.60. The maximum absolute atomic E-state index is 12.9. The fourth-order valence-electron chi connectivity index (χ4n) is 3.18. The first-order valence-corrected chi connectivity index (χ1v) is 10.4. The van der Waals surface area contributed by atoms with Crippen molar-refractivity contribution in [2.45, 2.75) is 32.7 Å². The van der Waals surface area contributed by atoms with E-state index in [1.54, 1.807) is 16.8 Å². The number of benzene rings is 1. The van der Waals surface area contributed by atoms with E-state index in [0.717, 1.165) is 11.3 Å². The van der Waals surface area contributed by atoms with Crippen LogP contribution < -0.4 is 5.43 Å². The van der Waals surface area contributed by atoms with E-state index >= 15 is 0 Å². The van der Waals surface area contributed by atoms with Crippen molar-refractivity contribution in [3.05, 3.63) is 52.6 Å². The summed E-state index contributed by atoms with van der Waals surface area (Å²) in [4.78, 5) is 11.9. The Balaban J connectivity index is 1.65. The summed E-state index contributed by atoms with van der Waals surface area (Å²) >= 11 is 0. The average Bonchev–Trinajstić information content (AvgIpc) is 3.10. The van der Waals surface area contributed by atoms with Crippen molar-refractivity contribution in [3.8, 4) is 0 Å². The summed E-state index contributed by atoms with van der Waals surface area (Å²) in [5, 5.41) is 8.42. The van der Waals surface area contributed by atoms with Crippen LogP contribution in [0.2, 0.25) is 0 Å². The molecule has 1 aromatic carbocycles. The van der Waals surface area contributed by atoms with Gasteiger partial charge in [-0.25, -0.2) is 18.2 Å². The van der Waals surface area contributed by atoms with Gasteiger partial charge in [-0.2, -0.15) is 10.2 Å². The minimum absolute atomic E-state index is 0.0920. The highest BCUT2D eigenvalue weighted by atomic mass is 32.2. The van der Waals surface area contributed by atoms with Crippen LogP contribution >= 0.6 is 0 Å². The molecule has 0 unspecified atom stereocenters. The fourth-order valence-corrected chi connectivity index (χ4v) is 4.87. The minimum atomic E-state index is -3.00. The van der Waals surface area contributed by atoms with Crippen LogP contribution in [-0.2, 0) is 21.1 Å². The number of nitrogens with one attached hydrogen (secondary N) is 1. The number of halogens is 1. The van der Waals surface area contributed by atoms with Crippen LogP contribution in [-0.4, -0.2) is 41.8 Å². The van der Waals surface area contributed by atoms with E-state index in [4.69, 9.17) is 0 Å². The van der Waals surface area contributed by atoms with Gasteiger partial charge >= 0.3 is 0 Å². The summed E-state index contributed by atoms with van der Waals surface area (Å²) in [7, 11) is -3.00. The average molecular weight is 392 g/mol. The van der Waals surface area contributed by atoms with Crippen molar-refractivity contribution >= 4 is 22.0 Å². The molecule has 9 heteroatoms. The smallest absolute Gasteiger partial charge is 0.244 e. The van der Waals surface area contributed by atoms with Gasteiger partial charge in [0.1, 0.15) is 5.82 Å². The zero-order chi connectivity index (χ0) is 19.6. The first-order valence-electron chi connectivity index (χ1n) is 8.57. The Hall–Kier alpha value is -2.55. The van der Waals surface area contributed by atoms with Gasteiger partial charge in [-0.05, 0) is 38.0 Å². The largest absolute Gasteiger partial charge is 0.273 e. The summed E-state index contributed by atoms with van der Waals surface area (Å²) in [5.74, 6) is -0.392. The van der Waals surface area contributed by atoms with E-state index in [-0.39, 0.29) is 35.7 Å². The van der Waals surface area contributed by atoms with Crippen LogP contribution in [0.3, 0.4) is 0 Å². The molecule has 1 aliphatic heterocycles. The second kappa shape index (κ2) is 7.59. The molecular formula is C18H21FN4O3S. The van der Waals surface area contributed by atoms with Gasteiger partial charge in [0.2, 0.25) is 5.91 Å². The van der Waals surface area contributed by atoms with Crippen LogP contribution in [0.1, 0.15) is 35.0 Å². The molecule has 1 N–H and O–H groups in total. The number of carbonyl (C=O) groups excluding carboxylic acids is 1. The predicted molar refractivity (Wildman–Crippen MR) is 99.8 cm³/mol. The number of aromatic nitrogens is 2. The number of nitrogens with zero attached hydrogens (tertiary/aromatic N) is 3. The number of amides is 1. The van der Waals surface area contributed by atoms with Gasteiger partial charge in [-0.15, -0.1) is 0 Å². The van der Waals surface area contributed by atoms with Crippen molar-refractivity contribution in [2.75, 3.05) is 11.5 Å². The van der Waals surface area contributed by atoms with E-state index < -0.39 is 9.84 Å². The SMILES string of the molecule is Cc1nn([C@@H]2CCS(=O)(=O)C2)c(C)c1/C=N\NC(=O)Cc1ccc(F)cc1. The lowest BCUT2D eigenvalue weighted by Gasteiger charge is -2.10. The quantitative estimate of drug-likeness (QED) is 0.619. The molecule has 0 aliphatic carbocycles. The molecule has 0 bridgehead atoms. The van der Waals surface area contributed by atoms with Crippen LogP contribution in [0.5, 0.6) is 0 Å². The van der Waals surface area contributed by atoms with E-state index in [0.29, 0.717) is 17.7 Å². The van der Waals surface area contributed by atoms with Crippen LogP contribution in [0.4, 0.5) is 4.39 Å². The van der Waals surface area contributed by atoms with Crippen LogP contribution in [0.25, 0.3) is 0 Å². The topological polar surface area (TPSA) is 93.4 Å². The summed E-state index contributed by atoms with van der Waals surface area (Å²) < 4.78 is 38.0. The third kappa shape index (κ3) is 4.60. The van der Waals surface area contributed by atoms with Gasteiger partial charge in [0.15, 0.2) is 9.84 Å². The predicted octanol–water partition coefficient (Wildman–Crippen LogP) is 1.69. The highest BCUT2D eigenvalue weighted by Gasteiger charge is 2.31. The van der Waals surface area contributed by atoms with Crippen molar-refractivity contribution in [1.82, 2.24) is 15.2 Å². The van der Waals surface area contributed by atoms with Gasteiger partial charge in [0, 0.05) is 11.3 Å². The molecule has 3 rings (SSSR count). The highest BCUT2D eigenvalue weighted by Crippen LogP contribution is 2.26. The zero-order valence-electron chi connectivity index (χ0n) is 15.1. The molecule has 2 aromatic rings. The molecule has 1 aliphatic rings. The molecule has 2 heterocycles. The molecule has 0 saturated carbocycles. The third-order valence-corrected chi connectivity index (χ3v) is 6.35. The first kappa shape index (κ1) is 19.2. The van der Waals surface area contributed by atoms with Gasteiger partial charge < -0.3 is 0 Å². The maximum Gasteiger partial charge on any atom is 0.244 e. The standard InChI is InChI=1S/C18H21FN4O3S/c1-12-17(13(2)23(22-12)16-7-8-27(25,26)11-16)10-20-21-18(24)9-14-3-5-15(19)6-4-14/h3-6,10,16H,7-9,11H2,1-2H3,(H,21,24)/b20-10-/t16-/m1/s1. The van der Waals surface area contributed by atoms with Crippen LogP contribution in [0, 0.1) is 19.7 Å². The minimum Gasteiger partial charge on any atom is -0.273 e. The fraction of sp³-hybridized carbons (Fsp3) is 0.389. The van der Waals surface area contributed by atoms with Gasteiger partial charge in [-0.3, -0.25) is 9.48 Å². The normalized spacial score (nSPS) is 18.9. The van der Waals surface area contributed by atoms with E-state index in [1.807, 2.05) is 13.8 Å². The first-order chi connectivity index (χ1) is 12.7. The molecule has 7 nitrogen and oxygen atoms in total. The van der Waals surface area contributed by atoms with E-state index in [9.17, 15) is 17.6 Å². The number of hydrazone groups is 1. The Labute approximate surface area is 157 Å². The summed E-state index contributed by atoms with van der Waals surface area (Å²) in [6.07, 6.45) is 2.16. The number of hydrogen-bond acceptors (Lipinski definition) is 5. The Morgan fingerprint density at radius 1 is 1.37 bits per heavy atom. The molecule has 1 amide bonds.